The van der Waals surface area contributed by atoms with Gasteiger partial charge in [-0.25, -0.2) is 12.8 Å². The normalized spacial score (nSPS) is 19.5. The summed E-state index contributed by atoms with van der Waals surface area (Å²) in [5.41, 5.74) is 1.06. The molecule has 8 heteroatoms. The molecule has 2 fully saturated rings. The predicted octanol–water partition coefficient (Wildman–Crippen LogP) is 2.57. The summed E-state index contributed by atoms with van der Waals surface area (Å²) in [5, 5.41) is 0. The molecule has 2 heterocycles. The number of carbonyl (C=O) groups excluding carboxylic acids is 1. The van der Waals surface area contributed by atoms with E-state index in [2.05, 4.69) is 4.90 Å². The summed E-state index contributed by atoms with van der Waals surface area (Å²) >= 11 is 0. The highest BCUT2D eigenvalue weighted by Gasteiger charge is 2.34. The van der Waals surface area contributed by atoms with E-state index in [0.717, 1.165) is 25.2 Å². The molecule has 0 aromatic heterocycles. The van der Waals surface area contributed by atoms with Crippen LogP contribution in [0, 0.1) is 11.7 Å². The molecule has 1 amide bonds. The fraction of sp³-hybridized carbons (Fsp3) is 0.435. The van der Waals surface area contributed by atoms with Gasteiger partial charge in [0.15, 0.2) is 0 Å². The number of piperazine rings is 1. The van der Waals surface area contributed by atoms with E-state index in [1.54, 1.807) is 42.5 Å². The second kappa shape index (κ2) is 9.46. The largest absolute Gasteiger partial charge is 0.340 e. The molecular weight excluding hydrogens is 417 g/mol. The van der Waals surface area contributed by atoms with Gasteiger partial charge in [0, 0.05) is 51.7 Å². The first-order chi connectivity index (χ1) is 14.9. The van der Waals surface area contributed by atoms with Gasteiger partial charge in [0.05, 0.1) is 4.90 Å². The predicted molar refractivity (Wildman–Crippen MR) is 116 cm³/mol. The number of hydrogen-bond acceptors (Lipinski definition) is 4. The van der Waals surface area contributed by atoms with E-state index >= 15 is 0 Å². The number of carbonyl (C=O) groups is 1. The Bertz CT molecular complexity index is 982. The maximum Gasteiger partial charge on any atom is 0.243 e. The molecule has 0 aliphatic carbocycles. The molecule has 166 valence electrons. The summed E-state index contributed by atoms with van der Waals surface area (Å²) in [4.78, 5) is 17.5. The lowest BCUT2D eigenvalue weighted by Crippen LogP contribution is -2.51. The highest BCUT2D eigenvalue weighted by atomic mass is 32.2. The molecule has 2 aliphatic heterocycles. The van der Waals surface area contributed by atoms with Crippen molar-refractivity contribution in [2.75, 3.05) is 39.3 Å². The SMILES string of the molecule is O=C(C1CCN(S(=O)(=O)c2ccccc2)CC1)N1CCN(Cc2ccc(F)cc2)CC1. The highest BCUT2D eigenvalue weighted by Crippen LogP contribution is 2.25. The Morgan fingerprint density at radius 2 is 1.48 bits per heavy atom. The third-order valence-electron chi connectivity index (χ3n) is 6.19. The van der Waals surface area contributed by atoms with E-state index in [4.69, 9.17) is 0 Å². The van der Waals surface area contributed by atoms with Crippen LogP contribution in [0.25, 0.3) is 0 Å². The molecule has 2 aromatic rings. The van der Waals surface area contributed by atoms with E-state index in [1.807, 2.05) is 4.90 Å². The average molecular weight is 446 g/mol. The Hall–Kier alpha value is -2.29. The van der Waals surface area contributed by atoms with E-state index < -0.39 is 10.0 Å². The van der Waals surface area contributed by atoms with Gasteiger partial charge >= 0.3 is 0 Å². The number of benzene rings is 2. The molecule has 0 unspecified atom stereocenters. The summed E-state index contributed by atoms with van der Waals surface area (Å²) < 4.78 is 40.1. The van der Waals surface area contributed by atoms with Crippen LogP contribution in [0.2, 0.25) is 0 Å². The molecule has 31 heavy (non-hydrogen) atoms. The molecule has 2 aliphatic rings. The van der Waals surface area contributed by atoms with Crippen molar-refractivity contribution >= 4 is 15.9 Å². The van der Waals surface area contributed by atoms with Crippen LogP contribution in [0.15, 0.2) is 59.5 Å². The van der Waals surface area contributed by atoms with Crippen LogP contribution >= 0.6 is 0 Å². The third-order valence-corrected chi connectivity index (χ3v) is 8.10. The number of amides is 1. The topological polar surface area (TPSA) is 60.9 Å². The van der Waals surface area contributed by atoms with Crippen molar-refractivity contribution in [1.82, 2.24) is 14.1 Å². The zero-order valence-corrected chi connectivity index (χ0v) is 18.3. The fourth-order valence-corrected chi connectivity index (χ4v) is 5.81. The van der Waals surface area contributed by atoms with Crippen LogP contribution < -0.4 is 0 Å². The van der Waals surface area contributed by atoms with E-state index in [9.17, 15) is 17.6 Å². The molecule has 6 nitrogen and oxygen atoms in total. The van der Waals surface area contributed by atoms with Crippen LogP contribution in [0.4, 0.5) is 4.39 Å². The minimum absolute atomic E-state index is 0.120. The minimum Gasteiger partial charge on any atom is -0.340 e. The monoisotopic (exact) mass is 445 g/mol. The lowest BCUT2D eigenvalue weighted by molar-refractivity contribution is -0.138. The van der Waals surface area contributed by atoms with E-state index in [-0.39, 0.29) is 17.6 Å². The number of rotatable bonds is 5. The number of piperidine rings is 1. The fourth-order valence-electron chi connectivity index (χ4n) is 4.32. The summed E-state index contributed by atoms with van der Waals surface area (Å²) in [5.74, 6) is -0.217. The number of halogens is 1. The smallest absolute Gasteiger partial charge is 0.243 e. The Morgan fingerprint density at radius 3 is 2.10 bits per heavy atom. The van der Waals surface area contributed by atoms with Crippen LogP contribution in [-0.2, 0) is 21.4 Å². The summed E-state index contributed by atoms with van der Waals surface area (Å²) in [6, 6.07) is 15.0. The molecule has 0 bridgehead atoms. The lowest BCUT2D eigenvalue weighted by Gasteiger charge is -2.38. The van der Waals surface area contributed by atoms with Gasteiger partial charge in [-0.05, 0) is 42.7 Å². The van der Waals surface area contributed by atoms with Crippen molar-refractivity contribution in [3.63, 3.8) is 0 Å². The number of hydrogen-bond donors (Lipinski definition) is 0. The molecule has 0 spiro atoms. The van der Waals surface area contributed by atoms with Crippen LogP contribution in [0.3, 0.4) is 0 Å². The van der Waals surface area contributed by atoms with Gasteiger partial charge < -0.3 is 4.90 Å². The maximum atomic E-state index is 13.1. The van der Waals surface area contributed by atoms with Crippen LogP contribution in [0.1, 0.15) is 18.4 Å². The quantitative estimate of drug-likeness (QED) is 0.710. The summed E-state index contributed by atoms with van der Waals surface area (Å²) in [6.45, 7) is 4.40. The van der Waals surface area contributed by atoms with Gasteiger partial charge in [0.1, 0.15) is 5.82 Å². The van der Waals surface area contributed by atoms with E-state index in [0.29, 0.717) is 43.9 Å². The van der Waals surface area contributed by atoms with Crippen molar-refractivity contribution in [3.05, 3.63) is 66.0 Å². The first kappa shape index (κ1) is 21.9. The molecule has 0 radical (unpaired) electrons. The van der Waals surface area contributed by atoms with Crippen molar-refractivity contribution < 1.29 is 17.6 Å². The minimum atomic E-state index is -3.50. The van der Waals surface area contributed by atoms with Gasteiger partial charge in [-0.2, -0.15) is 4.31 Å². The van der Waals surface area contributed by atoms with Crippen molar-refractivity contribution in [1.29, 1.82) is 0 Å². The lowest BCUT2D eigenvalue weighted by atomic mass is 9.96. The summed E-state index contributed by atoms with van der Waals surface area (Å²) in [7, 11) is -3.50. The van der Waals surface area contributed by atoms with Gasteiger partial charge in [-0.1, -0.05) is 30.3 Å². The first-order valence-electron chi connectivity index (χ1n) is 10.7. The third kappa shape index (κ3) is 5.14. The van der Waals surface area contributed by atoms with Crippen molar-refractivity contribution in [2.24, 2.45) is 5.92 Å². The molecule has 2 aromatic carbocycles. The molecule has 0 saturated carbocycles. The van der Waals surface area contributed by atoms with Gasteiger partial charge in [0.2, 0.25) is 15.9 Å². The zero-order valence-electron chi connectivity index (χ0n) is 17.5. The van der Waals surface area contributed by atoms with E-state index in [1.165, 1.54) is 16.4 Å². The maximum absolute atomic E-state index is 13.1. The molecule has 2 saturated heterocycles. The van der Waals surface area contributed by atoms with Crippen molar-refractivity contribution in [2.45, 2.75) is 24.3 Å². The highest BCUT2D eigenvalue weighted by molar-refractivity contribution is 7.89. The first-order valence-corrected chi connectivity index (χ1v) is 12.2. The molecule has 0 N–H and O–H groups in total. The van der Waals surface area contributed by atoms with Gasteiger partial charge in [-0.15, -0.1) is 0 Å². The number of nitrogens with zero attached hydrogens (tertiary/aromatic N) is 3. The standard InChI is InChI=1S/C23H28FN3O3S/c24-21-8-6-19(7-9-21)18-25-14-16-26(17-15-25)23(28)20-10-12-27(13-11-20)31(29,30)22-4-2-1-3-5-22/h1-9,20H,10-18H2. The molecular formula is C23H28FN3O3S. The Kier molecular flexibility index (Phi) is 6.69. The molecule has 0 atom stereocenters. The Balaban J connectivity index is 1.26. The number of sulfonamides is 1. The second-order valence-electron chi connectivity index (χ2n) is 8.22. The zero-order chi connectivity index (χ0) is 21.8. The summed E-state index contributed by atoms with van der Waals surface area (Å²) in [6.07, 6.45) is 1.11. The van der Waals surface area contributed by atoms with Gasteiger partial charge in [-0.3, -0.25) is 9.69 Å². The van der Waals surface area contributed by atoms with Crippen molar-refractivity contribution in [3.8, 4) is 0 Å². The molecule has 4 rings (SSSR count). The Labute approximate surface area is 183 Å². The second-order valence-corrected chi connectivity index (χ2v) is 10.2. The van der Waals surface area contributed by atoms with Crippen LogP contribution in [0.5, 0.6) is 0 Å². The average Bonchev–Trinajstić information content (AvgIpc) is 2.81. The van der Waals surface area contributed by atoms with Gasteiger partial charge in [0.25, 0.3) is 0 Å². The van der Waals surface area contributed by atoms with Crippen LogP contribution in [-0.4, -0.2) is 67.7 Å². The Morgan fingerprint density at radius 1 is 0.871 bits per heavy atom.